The van der Waals surface area contributed by atoms with Crippen molar-refractivity contribution in [2.45, 2.75) is 58.0 Å². The van der Waals surface area contributed by atoms with Crippen LogP contribution in [0, 0.1) is 0 Å². The number of carbonyl (C=O) groups excluding carboxylic acids is 1. The molecule has 1 aliphatic heterocycles. The highest BCUT2D eigenvalue weighted by Gasteiger charge is 2.36. The van der Waals surface area contributed by atoms with Gasteiger partial charge in [-0.3, -0.25) is 4.79 Å². The molecule has 1 fully saturated rings. The lowest BCUT2D eigenvalue weighted by atomic mass is 9.98. The fraction of sp³-hybridized carbons (Fsp3) is 0.909. The molecule has 0 aromatic heterocycles. The van der Waals surface area contributed by atoms with E-state index in [2.05, 4.69) is 24.5 Å². The summed E-state index contributed by atoms with van der Waals surface area (Å²) in [4.78, 5) is 11.9. The molecule has 2 unspecified atom stereocenters. The topological polar surface area (TPSA) is 41.1 Å². The summed E-state index contributed by atoms with van der Waals surface area (Å²) in [6.07, 6.45) is 4.23. The van der Waals surface area contributed by atoms with Gasteiger partial charge in [-0.1, -0.05) is 13.3 Å². The molecular weight excluding hydrogens is 176 g/mol. The Kier molecular flexibility index (Phi) is 3.93. The van der Waals surface area contributed by atoms with E-state index in [9.17, 15) is 4.79 Å². The van der Waals surface area contributed by atoms with E-state index in [0.29, 0.717) is 6.04 Å². The zero-order chi connectivity index (χ0) is 10.6. The standard InChI is InChI=1S/C11H22N2O/c1-4-6-9(2)13-10(14)11(3)7-5-8-12-11/h9,12H,4-8H2,1-3H3,(H,13,14). The molecule has 2 atom stereocenters. The zero-order valence-corrected chi connectivity index (χ0v) is 9.52. The minimum Gasteiger partial charge on any atom is -0.352 e. The highest BCUT2D eigenvalue weighted by molar-refractivity contribution is 5.86. The lowest BCUT2D eigenvalue weighted by Gasteiger charge is -2.25. The molecule has 1 amide bonds. The van der Waals surface area contributed by atoms with Crippen LogP contribution in [-0.2, 0) is 4.79 Å². The van der Waals surface area contributed by atoms with Crippen molar-refractivity contribution in [2.24, 2.45) is 0 Å². The van der Waals surface area contributed by atoms with Crippen molar-refractivity contribution in [1.82, 2.24) is 10.6 Å². The molecule has 2 N–H and O–H groups in total. The van der Waals surface area contributed by atoms with Crippen molar-refractivity contribution in [3.63, 3.8) is 0 Å². The summed E-state index contributed by atoms with van der Waals surface area (Å²) in [5.41, 5.74) is -0.317. The van der Waals surface area contributed by atoms with E-state index in [1.54, 1.807) is 0 Å². The fourth-order valence-electron chi connectivity index (χ4n) is 1.98. The van der Waals surface area contributed by atoms with Crippen LogP contribution in [0.4, 0.5) is 0 Å². The molecule has 1 aliphatic rings. The molecule has 1 heterocycles. The van der Waals surface area contributed by atoms with Gasteiger partial charge in [-0.2, -0.15) is 0 Å². The molecule has 0 spiro atoms. The maximum Gasteiger partial charge on any atom is 0.240 e. The van der Waals surface area contributed by atoms with Crippen LogP contribution in [0.1, 0.15) is 46.5 Å². The van der Waals surface area contributed by atoms with E-state index in [1.165, 1.54) is 0 Å². The predicted octanol–water partition coefficient (Wildman–Crippen LogP) is 1.43. The summed E-state index contributed by atoms with van der Waals surface area (Å²) >= 11 is 0. The Labute approximate surface area is 86.6 Å². The molecule has 1 rings (SSSR count). The van der Waals surface area contributed by atoms with Crippen LogP contribution < -0.4 is 10.6 Å². The van der Waals surface area contributed by atoms with E-state index in [-0.39, 0.29) is 11.4 Å². The molecule has 3 nitrogen and oxygen atoms in total. The van der Waals surface area contributed by atoms with Gasteiger partial charge >= 0.3 is 0 Å². The van der Waals surface area contributed by atoms with Crippen LogP contribution in [-0.4, -0.2) is 24.0 Å². The van der Waals surface area contributed by atoms with E-state index in [4.69, 9.17) is 0 Å². The van der Waals surface area contributed by atoms with Crippen molar-refractivity contribution < 1.29 is 4.79 Å². The lowest BCUT2D eigenvalue weighted by molar-refractivity contribution is -0.127. The van der Waals surface area contributed by atoms with Crippen LogP contribution in [0.5, 0.6) is 0 Å². The van der Waals surface area contributed by atoms with Gasteiger partial charge in [-0.05, 0) is 39.7 Å². The number of amides is 1. The largest absolute Gasteiger partial charge is 0.352 e. The van der Waals surface area contributed by atoms with Crippen molar-refractivity contribution in [1.29, 1.82) is 0 Å². The molecule has 3 heteroatoms. The number of hydrogen-bond donors (Lipinski definition) is 2. The molecule has 0 saturated carbocycles. The summed E-state index contributed by atoms with van der Waals surface area (Å²) in [6, 6.07) is 0.298. The second kappa shape index (κ2) is 4.78. The van der Waals surface area contributed by atoms with Gasteiger partial charge in [0.25, 0.3) is 0 Å². The second-order valence-electron chi connectivity index (χ2n) is 4.53. The Balaban J connectivity index is 2.40. The third-order valence-corrected chi connectivity index (χ3v) is 2.97. The van der Waals surface area contributed by atoms with Crippen LogP contribution >= 0.6 is 0 Å². The molecule has 0 aromatic carbocycles. The number of hydrogen-bond acceptors (Lipinski definition) is 2. The summed E-state index contributed by atoms with van der Waals surface area (Å²) in [7, 11) is 0. The van der Waals surface area contributed by atoms with Gasteiger partial charge in [0.2, 0.25) is 5.91 Å². The molecular formula is C11H22N2O. The minimum atomic E-state index is -0.317. The van der Waals surface area contributed by atoms with E-state index >= 15 is 0 Å². The third kappa shape index (κ3) is 2.71. The molecule has 0 aromatic rings. The fourth-order valence-corrected chi connectivity index (χ4v) is 1.98. The Morgan fingerprint density at radius 1 is 1.64 bits per heavy atom. The summed E-state index contributed by atoms with van der Waals surface area (Å²) in [6.45, 7) is 7.16. The monoisotopic (exact) mass is 198 g/mol. The van der Waals surface area contributed by atoms with Gasteiger partial charge in [0.1, 0.15) is 0 Å². The first kappa shape index (κ1) is 11.5. The Hall–Kier alpha value is -0.570. The van der Waals surface area contributed by atoms with Gasteiger partial charge in [0.15, 0.2) is 0 Å². The first-order valence-electron chi connectivity index (χ1n) is 5.64. The average Bonchev–Trinajstić information content (AvgIpc) is 2.54. The van der Waals surface area contributed by atoms with Crippen LogP contribution in [0.25, 0.3) is 0 Å². The van der Waals surface area contributed by atoms with E-state index in [0.717, 1.165) is 32.2 Å². The number of nitrogens with one attached hydrogen (secondary N) is 2. The maximum atomic E-state index is 11.9. The normalized spacial score (nSPS) is 28.8. The quantitative estimate of drug-likeness (QED) is 0.717. The minimum absolute atomic E-state index is 0.163. The van der Waals surface area contributed by atoms with Gasteiger partial charge in [0.05, 0.1) is 5.54 Å². The molecule has 0 radical (unpaired) electrons. The third-order valence-electron chi connectivity index (χ3n) is 2.97. The van der Waals surface area contributed by atoms with Gasteiger partial charge < -0.3 is 10.6 Å². The molecule has 1 saturated heterocycles. The molecule has 0 bridgehead atoms. The Morgan fingerprint density at radius 2 is 2.36 bits per heavy atom. The predicted molar refractivity (Wildman–Crippen MR) is 58.2 cm³/mol. The highest BCUT2D eigenvalue weighted by atomic mass is 16.2. The van der Waals surface area contributed by atoms with Crippen molar-refractivity contribution in [2.75, 3.05) is 6.54 Å². The Morgan fingerprint density at radius 3 is 2.86 bits per heavy atom. The number of carbonyl (C=O) groups is 1. The van der Waals surface area contributed by atoms with Gasteiger partial charge in [-0.15, -0.1) is 0 Å². The van der Waals surface area contributed by atoms with E-state index < -0.39 is 0 Å². The van der Waals surface area contributed by atoms with Crippen LogP contribution in [0.15, 0.2) is 0 Å². The Bertz CT molecular complexity index is 197. The highest BCUT2D eigenvalue weighted by Crippen LogP contribution is 2.18. The SMILES string of the molecule is CCCC(C)NC(=O)C1(C)CCCN1. The summed E-state index contributed by atoms with van der Waals surface area (Å²) < 4.78 is 0. The maximum absolute atomic E-state index is 11.9. The second-order valence-corrected chi connectivity index (χ2v) is 4.53. The van der Waals surface area contributed by atoms with Crippen LogP contribution in [0.2, 0.25) is 0 Å². The summed E-state index contributed by atoms with van der Waals surface area (Å²) in [5, 5.41) is 6.33. The molecule has 82 valence electrons. The molecule has 0 aliphatic carbocycles. The average molecular weight is 198 g/mol. The van der Waals surface area contributed by atoms with Crippen molar-refractivity contribution >= 4 is 5.91 Å². The summed E-state index contributed by atoms with van der Waals surface area (Å²) in [5.74, 6) is 0.163. The van der Waals surface area contributed by atoms with Crippen molar-refractivity contribution in [3.05, 3.63) is 0 Å². The lowest BCUT2D eigenvalue weighted by Crippen LogP contribution is -2.53. The smallest absolute Gasteiger partial charge is 0.240 e. The van der Waals surface area contributed by atoms with E-state index in [1.807, 2.05) is 6.92 Å². The zero-order valence-electron chi connectivity index (χ0n) is 9.52. The number of rotatable bonds is 4. The van der Waals surface area contributed by atoms with Crippen LogP contribution in [0.3, 0.4) is 0 Å². The first-order chi connectivity index (χ1) is 6.58. The van der Waals surface area contributed by atoms with Gasteiger partial charge in [0, 0.05) is 6.04 Å². The van der Waals surface area contributed by atoms with Gasteiger partial charge in [-0.25, -0.2) is 0 Å². The molecule has 14 heavy (non-hydrogen) atoms. The van der Waals surface area contributed by atoms with Crippen molar-refractivity contribution in [3.8, 4) is 0 Å². The first-order valence-corrected chi connectivity index (χ1v) is 5.64.